The number of halogens is 1. The third-order valence-electron chi connectivity index (χ3n) is 7.43. The van der Waals surface area contributed by atoms with Crippen LogP contribution in [0.1, 0.15) is 84.4 Å². The molecule has 0 bridgehead atoms. The number of fused-ring (bicyclic) bond motifs is 1. The standard InChI is InChI=1S/C31H37FN2O2S/c1-4-6-7-8-23-9-11-25(12-10-23)31(36)34(22(3)5-2)21-29(35)33-19-17-28-27(18-20-37-28)30(33)24-13-15-26(32)16-14-24/h9-16,18,20,22,30H,4-8,17,19,21H2,1-3H3. The number of nitrogens with zero attached hydrogens (tertiary/aromatic N) is 2. The van der Waals surface area contributed by atoms with Crippen LogP contribution in [0.25, 0.3) is 0 Å². The van der Waals surface area contributed by atoms with Gasteiger partial charge >= 0.3 is 0 Å². The van der Waals surface area contributed by atoms with Gasteiger partial charge in [0.25, 0.3) is 5.91 Å². The number of unbranched alkanes of at least 4 members (excludes halogenated alkanes) is 2. The molecule has 0 saturated heterocycles. The number of carbonyl (C=O) groups is 2. The molecule has 0 spiro atoms. The Hall–Kier alpha value is -2.99. The summed E-state index contributed by atoms with van der Waals surface area (Å²) in [6.07, 6.45) is 6.08. The van der Waals surface area contributed by atoms with Crippen molar-refractivity contribution in [3.05, 3.63) is 92.9 Å². The number of benzene rings is 2. The summed E-state index contributed by atoms with van der Waals surface area (Å²) in [5, 5.41) is 2.05. The Kier molecular flexibility index (Phi) is 9.14. The molecule has 37 heavy (non-hydrogen) atoms. The SMILES string of the molecule is CCCCCc1ccc(C(=O)N(CC(=O)N2CCc3sccc3C2c2ccc(F)cc2)C(C)CC)cc1. The van der Waals surface area contributed by atoms with Crippen LogP contribution in [-0.4, -0.2) is 40.7 Å². The molecule has 2 heterocycles. The topological polar surface area (TPSA) is 40.6 Å². The number of aryl methyl sites for hydroxylation is 1. The van der Waals surface area contributed by atoms with E-state index >= 15 is 0 Å². The normalized spacial score (nSPS) is 15.8. The second-order valence-electron chi connectivity index (χ2n) is 9.93. The molecule has 1 aliphatic rings. The van der Waals surface area contributed by atoms with Crippen molar-refractivity contribution in [2.75, 3.05) is 13.1 Å². The molecule has 6 heteroatoms. The van der Waals surface area contributed by atoms with Gasteiger partial charge < -0.3 is 9.80 Å². The molecule has 3 aromatic rings. The van der Waals surface area contributed by atoms with Crippen LogP contribution in [0.3, 0.4) is 0 Å². The van der Waals surface area contributed by atoms with E-state index in [1.54, 1.807) is 28.4 Å². The molecule has 2 aromatic carbocycles. The first kappa shape index (κ1) is 27.1. The number of carbonyl (C=O) groups excluding carboxylic acids is 2. The molecule has 2 unspecified atom stereocenters. The predicted molar refractivity (Wildman–Crippen MR) is 148 cm³/mol. The second kappa shape index (κ2) is 12.5. The average Bonchev–Trinajstić information content (AvgIpc) is 3.40. The molecule has 2 atom stereocenters. The summed E-state index contributed by atoms with van der Waals surface area (Å²) in [6.45, 7) is 6.81. The Balaban J connectivity index is 1.55. The maximum absolute atomic E-state index is 13.8. The highest BCUT2D eigenvalue weighted by atomic mass is 32.1. The second-order valence-corrected chi connectivity index (χ2v) is 10.9. The van der Waals surface area contributed by atoms with Gasteiger partial charge in [0.2, 0.25) is 5.91 Å². The van der Waals surface area contributed by atoms with Crippen LogP contribution in [-0.2, 0) is 17.6 Å². The Labute approximate surface area is 224 Å². The first-order valence-electron chi connectivity index (χ1n) is 13.4. The van der Waals surface area contributed by atoms with E-state index in [2.05, 4.69) is 18.4 Å². The largest absolute Gasteiger partial charge is 0.330 e. The number of hydrogen-bond acceptors (Lipinski definition) is 3. The minimum absolute atomic E-state index is 0.0171. The van der Waals surface area contributed by atoms with Crippen molar-refractivity contribution >= 4 is 23.2 Å². The van der Waals surface area contributed by atoms with E-state index in [1.165, 1.54) is 35.4 Å². The summed E-state index contributed by atoms with van der Waals surface area (Å²) in [4.78, 5) is 32.2. The van der Waals surface area contributed by atoms with Crippen molar-refractivity contribution in [2.45, 2.75) is 71.4 Å². The van der Waals surface area contributed by atoms with E-state index < -0.39 is 0 Å². The smallest absolute Gasteiger partial charge is 0.254 e. The highest BCUT2D eigenvalue weighted by Crippen LogP contribution is 2.38. The lowest BCUT2D eigenvalue weighted by Gasteiger charge is -2.38. The van der Waals surface area contributed by atoms with Crippen molar-refractivity contribution in [1.82, 2.24) is 9.80 Å². The van der Waals surface area contributed by atoms with Crippen molar-refractivity contribution in [3.63, 3.8) is 0 Å². The summed E-state index contributed by atoms with van der Waals surface area (Å²) in [7, 11) is 0. The third-order valence-corrected chi connectivity index (χ3v) is 8.43. The monoisotopic (exact) mass is 520 g/mol. The van der Waals surface area contributed by atoms with Crippen LogP contribution in [0.4, 0.5) is 4.39 Å². The van der Waals surface area contributed by atoms with Crippen LogP contribution in [0.2, 0.25) is 0 Å². The Bertz CT molecular complexity index is 1190. The number of rotatable bonds is 10. The van der Waals surface area contributed by atoms with Crippen molar-refractivity contribution in [2.24, 2.45) is 0 Å². The molecule has 4 nitrogen and oxygen atoms in total. The lowest BCUT2D eigenvalue weighted by atomic mass is 9.93. The summed E-state index contributed by atoms with van der Waals surface area (Å²) in [6, 6.07) is 16.0. The molecule has 0 aliphatic carbocycles. The first-order valence-corrected chi connectivity index (χ1v) is 14.3. The van der Waals surface area contributed by atoms with Crippen LogP contribution in [0, 0.1) is 5.82 Å². The van der Waals surface area contributed by atoms with Crippen LogP contribution in [0.5, 0.6) is 0 Å². The number of hydrogen-bond donors (Lipinski definition) is 0. The van der Waals surface area contributed by atoms with E-state index in [0.29, 0.717) is 12.1 Å². The summed E-state index contributed by atoms with van der Waals surface area (Å²) < 4.78 is 13.7. The van der Waals surface area contributed by atoms with Gasteiger partial charge in [0.15, 0.2) is 0 Å². The number of thiophene rings is 1. The van der Waals surface area contributed by atoms with Crippen molar-refractivity contribution < 1.29 is 14.0 Å². The summed E-state index contributed by atoms with van der Waals surface area (Å²) >= 11 is 1.70. The molecule has 0 fully saturated rings. The fourth-order valence-electron chi connectivity index (χ4n) is 5.03. The molecular weight excluding hydrogens is 483 g/mol. The summed E-state index contributed by atoms with van der Waals surface area (Å²) in [5.74, 6) is -0.502. The highest BCUT2D eigenvalue weighted by Gasteiger charge is 2.34. The van der Waals surface area contributed by atoms with E-state index in [-0.39, 0.29) is 36.3 Å². The van der Waals surface area contributed by atoms with Crippen LogP contribution < -0.4 is 0 Å². The Morgan fingerprint density at radius 2 is 1.78 bits per heavy atom. The van der Waals surface area contributed by atoms with Crippen LogP contribution in [0.15, 0.2) is 60.0 Å². The average molecular weight is 521 g/mol. The molecule has 0 radical (unpaired) electrons. The fraction of sp³-hybridized carbons (Fsp3) is 0.419. The van der Waals surface area contributed by atoms with E-state index in [1.807, 2.05) is 43.0 Å². The van der Waals surface area contributed by atoms with Gasteiger partial charge in [-0.25, -0.2) is 4.39 Å². The molecule has 0 N–H and O–H groups in total. The lowest BCUT2D eigenvalue weighted by Crippen LogP contribution is -2.49. The molecule has 4 rings (SSSR count). The molecule has 1 aromatic heterocycles. The molecule has 2 amide bonds. The van der Waals surface area contributed by atoms with Gasteiger partial charge in [-0.15, -0.1) is 11.3 Å². The first-order chi connectivity index (χ1) is 17.9. The van der Waals surface area contributed by atoms with E-state index in [9.17, 15) is 14.0 Å². The van der Waals surface area contributed by atoms with Gasteiger partial charge in [-0.3, -0.25) is 9.59 Å². The van der Waals surface area contributed by atoms with E-state index in [4.69, 9.17) is 0 Å². The van der Waals surface area contributed by atoms with Crippen molar-refractivity contribution in [1.29, 1.82) is 0 Å². The lowest BCUT2D eigenvalue weighted by molar-refractivity contribution is -0.134. The minimum atomic E-state index is -0.298. The molecule has 196 valence electrons. The van der Waals surface area contributed by atoms with E-state index in [0.717, 1.165) is 36.8 Å². The quantitative estimate of drug-likeness (QED) is 0.269. The zero-order chi connectivity index (χ0) is 26.4. The maximum Gasteiger partial charge on any atom is 0.254 e. The zero-order valence-electron chi connectivity index (χ0n) is 22.1. The fourth-order valence-corrected chi connectivity index (χ4v) is 5.94. The van der Waals surface area contributed by atoms with Crippen molar-refractivity contribution in [3.8, 4) is 0 Å². The molecular formula is C31H37FN2O2S. The van der Waals surface area contributed by atoms with Crippen LogP contribution >= 0.6 is 11.3 Å². The van der Waals surface area contributed by atoms with Gasteiger partial charge in [-0.2, -0.15) is 0 Å². The molecule has 1 aliphatic heterocycles. The molecule has 0 saturated carbocycles. The Morgan fingerprint density at radius 1 is 1.05 bits per heavy atom. The highest BCUT2D eigenvalue weighted by molar-refractivity contribution is 7.10. The predicted octanol–water partition coefficient (Wildman–Crippen LogP) is 7.03. The van der Waals surface area contributed by atoms with Gasteiger partial charge in [0.05, 0.1) is 6.04 Å². The third kappa shape index (κ3) is 6.30. The van der Waals surface area contributed by atoms with Gasteiger partial charge in [0.1, 0.15) is 12.4 Å². The maximum atomic E-state index is 13.8. The number of amides is 2. The minimum Gasteiger partial charge on any atom is -0.330 e. The van der Waals surface area contributed by atoms with Gasteiger partial charge in [-0.05, 0) is 85.0 Å². The summed E-state index contributed by atoms with van der Waals surface area (Å²) in [5.41, 5.74) is 3.82. The zero-order valence-corrected chi connectivity index (χ0v) is 22.9. The Morgan fingerprint density at radius 3 is 2.46 bits per heavy atom. The van der Waals surface area contributed by atoms with Gasteiger partial charge in [-0.1, -0.05) is 51.0 Å². The van der Waals surface area contributed by atoms with Gasteiger partial charge in [0, 0.05) is 23.0 Å².